The lowest BCUT2D eigenvalue weighted by atomic mass is 10.0. The summed E-state index contributed by atoms with van der Waals surface area (Å²) in [7, 11) is 0. The lowest BCUT2D eigenvalue weighted by Gasteiger charge is -2.09. The molecule has 0 aromatic rings. The number of hydrogen-bond donors (Lipinski definition) is 0. The van der Waals surface area contributed by atoms with Crippen molar-refractivity contribution in [1.82, 2.24) is 0 Å². The zero-order chi connectivity index (χ0) is 7.40. The molecule has 0 saturated heterocycles. The molecule has 1 aliphatic carbocycles. The van der Waals surface area contributed by atoms with Crippen LogP contribution in [-0.4, -0.2) is 4.83 Å². The predicted octanol–water partition coefficient (Wildman–Crippen LogP) is 2.74. The molecule has 54 valence electrons. The highest BCUT2D eigenvalue weighted by Gasteiger charge is 2.10. The first-order chi connectivity index (χ1) is 4.80. The van der Waals surface area contributed by atoms with E-state index in [9.17, 15) is 0 Å². The summed E-state index contributed by atoms with van der Waals surface area (Å²) in [5.74, 6) is 6.75. The maximum atomic E-state index is 3.54. The molecule has 2 atom stereocenters. The number of halogens is 1. The third-order valence-corrected chi connectivity index (χ3v) is 2.31. The van der Waals surface area contributed by atoms with E-state index in [0.29, 0.717) is 10.7 Å². The van der Waals surface area contributed by atoms with Gasteiger partial charge in [0.1, 0.15) is 0 Å². The second-order valence-electron chi connectivity index (χ2n) is 2.55. The number of allylic oxidation sites excluding steroid dienone is 2. The van der Waals surface area contributed by atoms with Crippen LogP contribution in [0, 0.1) is 17.8 Å². The molecular formula is C9H11Br. The van der Waals surface area contributed by atoms with Gasteiger partial charge in [0, 0.05) is 10.7 Å². The fourth-order valence-electron chi connectivity index (χ4n) is 0.990. The molecule has 0 saturated carbocycles. The highest BCUT2D eigenvalue weighted by atomic mass is 79.9. The molecule has 0 heterocycles. The van der Waals surface area contributed by atoms with Crippen molar-refractivity contribution in [2.45, 2.75) is 24.6 Å². The average molecular weight is 199 g/mol. The van der Waals surface area contributed by atoms with Gasteiger partial charge in [0.2, 0.25) is 0 Å². The zero-order valence-corrected chi connectivity index (χ0v) is 7.69. The van der Waals surface area contributed by atoms with Gasteiger partial charge in [0.15, 0.2) is 0 Å². The second-order valence-corrected chi connectivity index (χ2v) is 4.00. The molecule has 0 aromatic carbocycles. The topological polar surface area (TPSA) is 0 Å². The van der Waals surface area contributed by atoms with Gasteiger partial charge in [-0.1, -0.05) is 40.8 Å². The highest BCUT2D eigenvalue weighted by molar-refractivity contribution is 9.09. The van der Waals surface area contributed by atoms with Gasteiger partial charge in [-0.05, 0) is 18.9 Å². The van der Waals surface area contributed by atoms with Gasteiger partial charge in [-0.3, -0.25) is 0 Å². The molecule has 1 aliphatic rings. The highest BCUT2D eigenvalue weighted by Crippen LogP contribution is 2.18. The lowest BCUT2D eigenvalue weighted by molar-refractivity contribution is 0.620. The van der Waals surface area contributed by atoms with E-state index in [1.54, 1.807) is 0 Å². The summed E-state index contributed by atoms with van der Waals surface area (Å²) in [5, 5.41) is 0. The Balaban J connectivity index is 2.55. The fraction of sp³-hybridized carbons (Fsp3) is 0.556. The summed E-state index contributed by atoms with van der Waals surface area (Å²) in [4.78, 5) is 0.528. The molecule has 0 spiro atoms. The second kappa shape index (κ2) is 3.83. The molecule has 10 heavy (non-hydrogen) atoms. The molecule has 0 N–H and O–H groups in total. The predicted molar refractivity (Wildman–Crippen MR) is 48.0 cm³/mol. The minimum Gasteiger partial charge on any atom is -0.0940 e. The fourth-order valence-corrected chi connectivity index (χ4v) is 1.39. The van der Waals surface area contributed by atoms with Crippen LogP contribution in [0.4, 0.5) is 0 Å². The molecule has 0 radical (unpaired) electrons. The third kappa shape index (κ3) is 2.19. The van der Waals surface area contributed by atoms with Gasteiger partial charge in [0.05, 0.1) is 0 Å². The van der Waals surface area contributed by atoms with Crippen molar-refractivity contribution in [3.63, 3.8) is 0 Å². The van der Waals surface area contributed by atoms with Gasteiger partial charge >= 0.3 is 0 Å². The van der Waals surface area contributed by atoms with Gasteiger partial charge in [-0.15, -0.1) is 0 Å². The Kier molecular flexibility index (Phi) is 3.02. The van der Waals surface area contributed by atoms with Crippen LogP contribution in [0.1, 0.15) is 19.8 Å². The molecular weight excluding hydrogens is 188 g/mol. The summed E-state index contributed by atoms with van der Waals surface area (Å²) in [6.07, 6.45) is 6.44. The van der Waals surface area contributed by atoms with Gasteiger partial charge in [-0.25, -0.2) is 0 Å². The van der Waals surface area contributed by atoms with Gasteiger partial charge < -0.3 is 0 Å². The molecule has 1 rings (SSSR count). The minimum absolute atomic E-state index is 0.528. The average Bonchev–Trinajstić information content (AvgIpc) is 2.12. The van der Waals surface area contributed by atoms with Crippen molar-refractivity contribution in [3.8, 4) is 11.8 Å². The molecule has 1 heteroatoms. The van der Waals surface area contributed by atoms with E-state index in [4.69, 9.17) is 0 Å². The summed E-state index contributed by atoms with van der Waals surface area (Å²) in [6, 6.07) is 0. The Bertz CT molecular complexity index is 181. The molecule has 0 aromatic heterocycles. The third-order valence-electron chi connectivity index (χ3n) is 1.67. The standard InChI is InChI=1S/C9H11Br/c1-8(10)9-6-4-2-3-5-7-9/h2-3,8-9H,4,6H2,1H3/t8?,9-/m0/s1. The normalized spacial score (nSPS) is 26.4. The molecule has 0 nitrogen and oxygen atoms in total. The summed E-state index contributed by atoms with van der Waals surface area (Å²) in [6.45, 7) is 2.16. The summed E-state index contributed by atoms with van der Waals surface area (Å²) < 4.78 is 0. The van der Waals surface area contributed by atoms with Crippen molar-refractivity contribution < 1.29 is 0 Å². The molecule has 0 fully saturated rings. The lowest BCUT2D eigenvalue weighted by Crippen LogP contribution is -2.07. The van der Waals surface area contributed by atoms with Crippen molar-refractivity contribution >= 4 is 15.9 Å². The van der Waals surface area contributed by atoms with Crippen LogP contribution in [0.3, 0.4) is 0 Å². The smallest absolute Gasteiger partial charge is 0.0331 e. The zero-order valence-electron chi connectivity index (χ0n) is 6.10. The van der Waals surface area contributed by atoms with Crippen LogP contribution >= 0.6 is 15.9 Å². The molecule has 0 aliphatic heterocycles. The van der Waals surface area contributed by atoms with Crippen molar-refractivity contribution in [1.29, 1.82) is 0 Å². The quantitative estimate of drug-likeness (QED) is 0.450. The van der Waals surface area contributed by atoms with E-state index in [0.717, 1.165) is 6.42 Å². The van der Waals surface area contributed by atoms with Crippen LogP contribution in [-0.2, 0) is 0 Å². The summed E-state index contributed by atoms with van der Waals surface area (Å²) >= 11 is 3.54. The SMILES string of the molecule is CC(Br)[C@@H]1C#CC=CCC1. The molecule has 1 unspecified atom stereocenters. The van der Waals surface area contributed by atoms with Crippen LogP contribution in [0.25, 0.3) is 0 Å². The number of alkyl halides is 1. The Hall–Kier alpha value is -0.220. The Morgan fingerprint density at radius 3 is 3.20 bits per heavy atom. The van der Waals surface area contributed by atoms with Crippen molar-refractivity contribution in [2.75, 3.05) is 0 Å². The first-order valence-electron chi connectivity index (χ1n) is 3.61. The van der Waals surface area contributed by atoms with Gasteiger partial charge in [0.25, 0.3) is 0 Å². The van der Waals surface area contributed by atoms with Crippen molar-refractivity contribution in [3.05, 3.63) is 12.2 Å². The summed E-state index contributed by atoms with van der Waals surface area (Å²) in [5.41, 5.74) is 0. The van der Waals surface area contributed by atoms with E-state index in [-0.39, 0.29) is 0 Å². The van der Waals surface area contributed by atoms with Gasteiger partial charge in [-0.2, -0.15) is 0 Å². The molecule has 0 amide bonds. The first-order valence-corrected chi connectivity index (χ1v) is 4.52. The minimum atomic E-state index is 0.528. The largest absolute Gasteiger partial charge is 0.0940 e. The first kappa shape index (κ1) is 7.88. The number of hydrogen-bond acceptors (Lipinski definition) is 0. The van der Waals surface area contributed by atoms with E-state index in [2.05, 4.69) is 40.8 Å². The van der Waals surface area contributed by atoms with E-state index in [1.807, 2.05) is 6.08 Å². The number of rotatable bonds is 1. The maximum absolute atomic E-state index is 3.54. The van der Waals surface area contributed by atoms with Crippen LogP contribution in [0.2, 0.25) is 0 Å². The van der Waals surface area contributed by atoms with E-state index < -0.39 is 0 Å². The van der Waals surface area contributed by atoms with Crippen LogP contribution in [0.15, 0.2) is 12.2 Å². The Morgan fingerprint density at radius 2 is 2.50 bits per heavy atom. The van der Waals surface area contributed by atoms with E-state index in [1.165, 1.54) is 6.42 Å². The van der Waals surface area contributed by atoms with Crippen molar-refractivity contribution in [2.24, 2.45) is 5.92 Å². The van der Waals surface area contributed by atoms with E-state index >= 15 is 0 Å². The monoisotopic (exact) mass is 198 g/mol. The molecule has 0 bridgehead atoms. The van der Waals surface area contributed by atoms with Crippen LogP contribution in [0.5, 0.6) is 0 Å². The Labute approximate surface area is 70.8 Å². The maximum Gasteiger partial charge on any atom is 0.0331 e. The van der Waals surface area contributed by atoms with Crippen LogP contribution < -0.4 is 0 Å². The Morgan fingerprint density at radius 1 is 1.70 bits per heavy atom.